The number of nitriles is 1. The summed E-state index contributed by atoms with van der Waals surface area (Å²) in [5.41, 5.74) is 0.0620. The number of aromatic nitrogens is 1. The van der Waals surface area contributed by atoms with Crippen molar-refractivity contribution in [2.24, 2.45) is 0 Å². The molecule has 1 aromatic heterocycles. The third-order valence-electron chi connectivity index (χ3n) is 3.46. The molecule has 0 saturated carbocycles. The Bertz CT molecular complexity index is 571. The number of anilines is 1. The average molecular weight is 302 g/mol. The fraction of sp³-hybridized carbons (Fsp3) is 0.562. The van der Waals surface area contributed by atoms with Crippen molar-refractivity contribution >= 4 is 11.9 Å². The van der Waals surface area contributed by atoms with Gasteiger partial charge in [0.05, 0.1) is 5.56 Å². The maximum absolute atomic E-state index is 12.2. The zero-order chi connectivity index (χ0) is 16.3. The second-order valence-electron chi connectivity index (χ2n) is 6.49. The molecule has 2 rings (SSSR count). The van der Waals surface area contributed by atoms with E-state index in [2.05, 4.69) is 16.0 Å². The molecule has 1 aliphatic rings. The van der Waals surface area contributed by atoms with Crippen LogP contribution in [0.15, 0.2) is 18.3 Å². The van der Waals surface area contributed by atoms with Gasteiger partial charge in [0.25, 0.3) is 0 Å². The number of hydrogen-bond acceptors (Lipinski definition) is 5. The Morgan fingerprint density at radius 2 is 2.14 bits per heavy atom. The highest BCUT2D eigenvalue weighted by Crippen LogP contribution is 2.19. The molecule has 118 valence electrons. The molecule has 0 spiro atoms. The highest BCUT2D eigenvalue weighted by atomic mass is 16.6. The molecule has 1 aromatic rings. The number of carbonyl (C=O) groups is 1. The summed E-state index contributed by atoms with van der Waals surface area (Å²) in [6, 6.07) is 5.70. The quantitative estimate of drug-likeness (QED) is 0.796. The van der Waals surface area contributed by atoms with E-state index in [1.165, 1.54) is 0 Å². The van der Waals surface area contributed by atoms with Gasteiger partial charge in [-0.1, -0.05) is 0 Å². The van der Waals surface area contributed by atoms with Crippen LogP contribution in [0.1, 0.15) is 33.3 Å². The number of amides is 1. The van der Waals surface area contributed by atoms with E-state index in [4.69, 9.17) is 10.00 Å². The molecule has 0 aromatic carbocycles. The molecule has 1 aliphatic heterocycles. The summed E-state index contributed by atoms with van der Waals surface area (Å²) >= 11 is 0. The fourth-order valence-electron chi connectivity index (χ4n) is 2.40. The highest BCUT2D eigenvalue weighted by Gasteiger charge is 2.31. The van der Waals surface area contributed by atoms with E-state index >= 15 is 0 Å². The Kier molecular flexibility index (Phi) is 4.55. The van der Waals surface area contributed by atoms with Gasteiger partial charge in [0.1, 0.15) is 17.5 Å². The van der Waals surface area contributed by atoms with E-state index in [1.54, 1.807) is 17.2 Å². The van der Waals surface area contributed by atoms with E-state index in [0.29, 0.717) is 25.2 Å². The molecule has 2 heterocycles. The van der Waals surface area contributed by atoms with Gasteiger partial charge in [0.2, 0.25) is 0 Å². The van der Waals surface area contributed by atoms with E-state index in [9.17, 15) is 4.79 Å². The summed E-state index contributed by atoms with van der Waals surface area (Å²) < 4.78 is 5.44. The topological polar surface area (TPSA) is 69.5 Å². The Labute approximate surface area is 131 Å². The van der Waals surface area contributed by atoms with Crippen molar-refractivity contribution in [2.75, 3.05) is 24.5 Å². The molecule has 6 heteroatoms. The van der Waals surface area contributed by atoms with Crippen LogP contribution < -0.4 is 4.90 Å². The van der Waals surface area contributed by atoms with Crippen LogP contribution in [0.25, 0.3) is 0 Å². The van der Waals surface area contributed by atoms with Crippen LogP contribution in [0.5, 0.6) is 0 Å². The van der Waals surface area contributed by atoms with Crippen molar-refractivity contribution in [3.63, 3.8) is 0 Å². The van der Waals surface area contributed by atoms with Gasteiger partial charge in [0.15, 0.2) is 0 Å². The molecule has 22 heavy (non-hydrogen) atoms. The largest absolute Gasteiger partial charge is 0.444 e. The predicted octanol–water partition coefficient (Wildman–Crippen LogP) is 2.40. The summed E-state index contributed by atoms with van der Waals surface area (Å²) in [5, 5.41) is 8.81. The number of ether oxygens (including phenoxy) is 1. The van der Waals surface area contributed by atoms with Crippen molar-refractivity contribution in [3.05, 3.63) is 23.9 Å². The van der Waals surface area contributed by atoms with Crippen LogP contribution >= 0.6 is 0 Å². The summed E-state index contributed by atoms with van der Waals surface area (Å²) in [6.45, 7) is 9.59. The molecule has 0 N–H and O–H groups in total. The minimum Gasteiger partial charge on any atom is -0.444 e. The molecule has 0 aliphatic carbocycles. The Balaban J connectivity index is 2.00. The van der Waals surface area contributed by atoms with Gasteiger partial charge in [-0.3, -0.25) is 0 Å². The first-order chi connectivity index (χ1) is 10.3. The average Bonchev–Trinajstić information content (AvgIpc) is 2.45. The predicted molar refractivity (Wildman–Crippen MR) is 83.6 cm³/mol. The van der Waals surface area contributed by atoms with Gasteiger partial charge < -0.3 is 14.5 Å². The lowest BCUT2D eigenvalue weighted by Gasteiger charge is -2.40. The SMILES string of the molecule is C[C@H]1CN(c2ccc(C#N)cn2)CCN1C(=O)OC(C)(C)C. The van der Waals surface area contributed by atoms with Crippen LogP contribution in [0.4, 0.5) is 10.6 Å². The normalized spacial score (nSPS) is 18.8. The molecule has 6 nitrogen and oxygen atoms in total. The summed E-state index contributed by atoms with van der Waals surface area (Å²) in [4.78, 5) is 20.4. The lowest BCUT2D eigenvalue weighted by Crippen LogP contribution is -2.55. The number of hydrogen-bond donors (Lipinski definition) is 0. The smallest absolute Gasteiger partial charge is 0.410 e. The van der Waals surface area contributed by atoms with Crippen LogP contribution in [0.3, 0.4) is 0 Å². The molecule has 1 amide bonds. The van der Waals surface area contributed by atoms with Crippen molar-refractivity contribution < 1.29 is 9.53 Å². The van der Waals surface area contributed by atoms with Gasteiger partial charge in [-0.2, -0.15) is 5.26 Å². The maximum Gasteiger partial charge on any atom is 0.410 e. The third kappa shape index (κ3) is 3.88. The van der Waals surface area contributed by atoms with Gasteiger partial charge in [0, 0.05) is 31.9 Å². The van der Waals surface area contributed by atoms with E-state index < -0.39 is 5.60 Å². The van der Waals surface area contributed by atoms with Crippen molar-refractivity contribution in [1.82, 2.24) is 9.88 Å². The van der Waals surface area contributed by atoms with Gasteiger partial charge in [-0.05, 0) is 39.8 Å². The van der Waals surface area contributed by atoms with E-state index in [1.807, 2.05) is 33.8 Å². The highest BCUT2D eigenvalue weighted by molar-refractivity contribution is 5.69. The standard InChI is InChI=1S/C16H22N4O2/c1-12-11-19(14-6-5-13(9-17)10-18-14)7-8-20(12)15(21)22-16(2,3)4/h5-6,10,12H,7-8,11H2,1-4H3/t12-/m0/s1. The van der Waals surface area contributed by atoms with Crippen molar-refractivity contribution in [1.29, 1.82) is 5.26 Å². The first kappa shape index (κ1) is 16.1. The Morgan fingerprint density at radius 3 is 2.64 bits per heavy atom. The second-order valence-corrected chi connectivity index (χ2v) is 6.49. The first-order valence-electron chi connectivity index (χ1n) is 7.41. The monoisotopic (exact) mass is 302 g/mol. The van der Waals surface area contributed by atoms with Gasteiger partial charge >= 0.3 is 6.09 Å². The zero-order valence-corrected chi connectivity index (χ0v) is 13.5. The minimum absolute atomic E-state index is 0.0426. The van der Waals surface area contributed by atoms with E-state index in [0.717, 1.165) is 5.82 Å². The first-order valence-corrected chi connectivity index (χ1v) is 7.41. The van der Waals surface area contributed by atoms with E-state index in [-0.39, 0.29) is 12.1 Å². The molecule has 1 saturated heterocycles. The third-order valence-corrected chi connectivity index (χ3v) is 3.46. The van der Waals surface area contributed by atoms with Crippen LogP contribution in [0.2, 0.25) is 0 Å². The fourth-order valence-corrected chi connectivity index (χ4v) is 2.40. The lowest BCUT2D eigenvalue weighted by molar-refractivity contribution is 0.0158. The van der Waals surface area contributed by atoms with Crippen molar-refractivity contribution in [3.8, 4) is 6.07 Å². The van der Waals surface area contributed by atoms with Gasteiger partial charge in [-0.15, -0.1) is 0 Å². The summed E-state index contributed by atoms with van der Waals surface area (Å²) in [6.07, 6.45) is 1.30. The minimum atomic E-state index is -0.484. The molecule has 0 bridgehead atoms. The number of nitrogens with zero attached hydrogens (tertiary/aromatic N) is 4. The van der Waals surface area contributed by atoms with Crippen LogP contribution in [0, 0.1) is 11.3 Å². The van der Waals surface area contributed by atoms with Crippen LogP contribution in [-0.2, 0) is 4.74 Å². The molecule has 1 fully saturated rings. The lowest BCUT2D eigenvalue weighted by atomic mass is 10.2. The number of rotatable bonds is 1. The molecular formula is C16H22N4O2. The number of piperazine rings is 1. The Morgan fingerprint density at radius 1 is 1.41 bits per heavy atom. The van der Waals surface area contributed by atoms with Gasteiger partial charge in [-0.25, -0.2) is 9.78 Å². The zero-order valence-electron chi connectivity index (χ0n) is 13.5. The summed E-state index contributed by atoms with van der Waals surface area (Å²) in [5.74, 6) is 0.828. The Hall–Kier alpha value is -2.29. The molecule has 0 radical (unpaired) electrons. The molecule has 1 atom stereocenters. The molecular weight excluding hydrogens is 280 g/mol. The molecule has 0 unspecified atom stereocenters. The second kappa shape index (κ2) is 6.22. The summed E-state index contributed by atoms with van der Waals surface area (Å²) in [7, 11) is 0. The van der Waals surface area contributed by atoms with Crippen LogP contribution in [-0.4, -0.2) is 47.3 Å². The van der Waals surface area contributed by atoms with Crippen molar-refractivity contribution in [2.45, 2.75) is 39.3 Å². The number of carbonyl (C=O) groups excluding carboxylic acids is 1. The maximum atomic E-state index is 12.2. The number of pyridine rings is 1.